The van der Waals surface area contributed by atoms with Crippen molar-refractivity contribution in [3.05, 3.63) is 89.5 Å². The molecule has 1 N–H and O–H groups in total. The average Bonchev–Trinajstić information content (AvgIpc) is 3.34. The standard InChI is InChI=1S/C24H22N2O4/c1-3-29-18-12-10-17(11-13-18)21-22(25-20-9-5-4-7-16(20)2)24(28)26(23(21)27)15-19-8-6-14-30-19/h4-14,25H,3,15H2,1-2H3. The van der Waals surface area contributed by atoms with Crippen LogP contribution in [0.3, 0.4) is 0 Å². The minimum atomic E-state index is -0.386. The highest BCUT2D eigenvalue weighted by Crippen LogP contribution is 2.33. The van der Waals surface area contributed by atoms with Crippen molar-refractivity contribution >= 4 is 23.1 Å². The number of hydrogen-bond donors (Lipinski definition) is 1. The van der Waals surface area contributed by atoms with E-state index in [1.807, 2.05) is 38.1 Å². The van der Waals surface area contributed by atoms with E-state index in [4.69, 9.17) is 9.15 Å². The molecule has 1 aromatic heterocycles. The van der Waals surface area contributed by atoms with Gasteiger partial charge in [-0.05, 0) is 55.3 Å². The number of imide groups is 1. The van der Waals surface area contributed by atoms with E-state index < -0.39 is 0 Å². The summed E-state index contributed by atoms with van der Waals surface area (Å²) in [6.07, 6.45) is 1.52. The van der Waals surface area contributed by atoms with Crippen molar-refractivity contribution in [1.82, 2.24) is 4.90 Å². The number of ether oxygens (including phenoxy) is 1. The van der Waals surface area contributed by atoms with Gasteiger partial charge in [0.2, 0.25) is 0 Å². The molecule has 0 fully saturated rings. The molecule has 0 saturated carbocycles. The molecule has 0 radical (unpaired) electrons. The topological polar surface area (TPSA) is 71.8 Å². The van der Waals surface area contributed by atoms with Crippen molar-refractivity contribution in [2.24, 2.45) is 0 Å². The summed E-state index contributed by atoms with van der Waals surface area (Å²) in [5.74, 6) is 0.500. The zero-order chi connectivity index (χ0) is 21.1. The fourth-order valence-corrected chi connectivity index (χ4v) is 3.39. The van der Waals surface area contributed by atoms with Gasteiger partial charge in [-0.1, -0.05) is 30.3 Å². The van der Waals surface area contributed by atoms with Crippen LogP contribution in [0, 0.1) is 6.92 Å². The quantitative estimate of drug-likeness (QED) is 0.594. The predicted molar refractivity (Wildman–Crippen MR) is 114 cm³/mol. The molecule has 0 spiro atoms. The number of furan rings is 1. The molecular weight excluding hydrogens is 380 g/mol. The lowest BCUT2D eigenvalue weighted by Crippen LogP contribution is -2.31. The Bertz CT molecular complexity index is 1100. The van der Waals surface area contributed by atoms with Crippen molar-refractivity contribution in [2.75, 3.05) is 11.9 Å². The highest BCUT2D eigenvalue weighted by Gasteiger charge is 2.39. The number of carbonyl (C=O) groups excluding carboxylic acids is 2. The Morgan fingerprint density at radius 1 is 0.967 bits per heavy atom. The normalized spacial score (nSPS) is 13.9. The van der Waals surface area contributed by atoms with Gasteiger partial charge in [0.1, 0.15) is 17.2 Å². The molecule has 1 aliphatic heterocycles. The maximum absolute atomic E-state index is 13.3. The molecule has 0 saturated heterocycles. The lowest BCUT2D eigenvalue weighted by atomic mass is 10.0. The molecule has 6 heteroatoms. The van der Waals surface area contributed by atoms with Crippen LogP contribution >= 0.6 is 0 Å². The van der Waals surface area contributed by atoms with Crippen molar-refractivity contribution < 1.29 is 18.7 Å². The SMILES string of the molecule is CCOc1ccc(C2=C(Nc3ccccc3C)C(=O)N(Cc3ccco3)C2=O)cc1. The maximum atomic E-state index is 13.3. The molecule has 30 heavy (non-hydrogen) atoms. The minimum Gasteiger partial charge on any atom is -0.494 e. The monoisotopic (exact) mass is 402 g/mol. The van der Waals surface area contributed by atoms with E-state index in [0.717, 1.165) is 11.3 Å². The molecule has 1 aliphatic rings. The highest BCUT2D eigenvalue weighted by atomic mass is 16.5. The average molecular weight is 402 g/mol. The van der Waals surface area contributed by atoms with Crippen molar-refractivity contribution in [2.45, 2.75) is 20.4 Å². The van der Waals surface area contributed by atoms with Crippen LogP contribution in [-0.2, 0) is 16.1 Å². The number of hydrogen-bond acceptors (Lipinski definition) is 5. The van der Waals surface area contributed by atoms with Crippen LogP contribution in [0.2, 0.25) is 0 Å². The Morgan fingerprint density at radius 2 is 1.73 bits per heavy atom. The number of aryl methyl sites for hydroxylation is 1. The number of rotatable bonds is 7. The number of para-hydroxylation sites is 1. The first kappa shape index (κ1) is 19.5. The Morgan fingerprint density at radius 3 is 2.40 bits per heavy atom. The van der Waals surface area contributed by atoms with Crippen LogP contribution in [0.1, 0.15) is 23.8 Å². The number of nitrogens with one attached hydrogen (secondary N) is 1. The van der Waals surface area contributed by atoms with E-state index in [1.165, 1.54) is 11.2 Å². The van der Waals surface area contributed by atoms with Crippen LogP contribution in [-0.4, -0.2) is 23.3 Å². The third kappa shape index (κ3) is 3.72. The molecule has 4 rings (SSSR count). The van der Waals surface area contributed by atoms with Gasteiger partial charge < -0.3 is 14.5 Å². The van der Waals surface area contributed by atoms with E-state index in [1.54, 1.807) is 36.4 Å². The second-order valence-corrected chi connectivity index (χ2v) is 6.92. The van der Waals surface area contributed by atoms with Crippen LogP contribution in [0.4, 0.5) is 5.69 Å². The molecule has 2 aromatic carbocycles. The third-order valence-corrected chi connectivity index (χ3v) is 4.92. The summed E-state index contributed by atoms with van der Waals surface area (Å²) < 4.78 is 10.8. The summed E-state index contributed by atoms with van der Waals surface area (Å²) >= 11 is 0. The summed E-state index contributed by atoms with van der Waals surface area (Å²) in [6.45, 7) is 4.48. The Hall–Kier alpha value is -3.80. The molecule has 2 heterocycles. The van der Waals surface area contributed by atoms with Crippen LogP contribution in [0.5, 0.6) is 5.75 Å². The highest BCUT2D eigenvalue weighted by molar-refractivity contribution is 6.36. The molecule has 0 unspecified atom stereocenters. The Labute approximate surface area is 174 Å². The van der Waals surface area contributed by atoms with Gasteiger partial charge in [-0.15, -0.1) is 0 Å². The van der Waals surface area contributed by atoms with Gasteiger partial charge in [-0.2, -0.15) is 0 Å². The maximum Gasteiger partial charge on any atom is 0.278 e. The first-order chi connectivity index (χ1) is 14.6. The zero-order valence-corrected chi connectivity index (χ0v) is 16.8. The molecule has 6 nitrogen and oxygen atoms in total. The molecule has 0 atom stereocenters. The minimum absolute atomic E-state index is 0.0736. The van der Waals surface area contributed by atoms with Gasteiger partial charge in [0.25, 0.3) is 11.8 Å². The lowest BCUT2D eigenvalue weighted by molar-refractivity contribution is -0.137. The van der Waals surface area contributed by atoms with Crippen molar-refractivity contribution in [3.63, 3.8) is 0 Å². The van der Waals surface area contributed by atoms with Gasteiger partial charge in [0.05, 0.1) is 25.0 Å². The van der Waals surface area contributed by atoms with Crippen molar-refractivity contribution in [3.8, 4) is 5.75 Å². The van der Waals surface area contributed by atoms with E-state index in [-0.39, 0.29) is 24.1 Å². The molecular formula is C24H22N2O4. The number of amides is 2. The molecule has 2 amide bonds. The van der Waals surface area contributed by atoms with Gasteiger partial charge in [-0.3, -0.25) is 14.5 Å². The molecule has 0 aliphatic carbocycles. The number of nitrogens with zero attached hydrogens (tertiary/aromatic N) is 1. The van der Waals surface area contributed by atoms with Crippen molar-refractivity contribution in [1.29, 1.82) is 0 Å². The summed E-state index contributed by atoms with van der Waals surface area (Å²) in [4.78, 5) is 27.7. The molecule has 0 bridgehead atoms. The summed E-state index contributed by atoms with van der Waals surface area (Å²) in [7, 11) is 0. The third-order valence-electron chi connectivity index (χ3n) is 4.92. The second-order valence-electron chi connectivity index (χ2n) is 6.92. The fourth-order valence-electron chi connectivity index (χ4n) is 3.39. The molecule has 3 aromatic rings. The number of anilines is 1. The van der Waals surface area contributed by atoms with E-state index in [2.05, 4.69) is 5.32 Å². The Kier molecular flexibility index (Phi) is 5.39. The van der Waals surface area contributed by atoms with Crippen LogP contribution in [0.15, 0.2) is 77.0 Å². The van der Waals surface area contributed by atoms with E-state index in [0.29, 0.717) is 29.3 Å². The first-order valence-corrected chi connectivity index (χ1v) is 9.77. The van der Waals surface area contributed by atoms with E-state index >= 15 is 0 Å². The summed E-state index contributed by atoms with van der Waals surface area (Å²) in [6, 6.07) is 18.3. The summed E-state index contributed by atoms with van der Waals surface area (Å²) in [5, 5.41) is 3.19. The van der Waals surface area contributed by atoms with Gasteiger partial charge >= 0.3 is 0 Å². The number of benzene rings is 2. The predicted octanol–water partition coefficient (Wildman–Crippen LogP) is 4.38. The number of carbonyl (C=O) groups is 2. The molecule has 152 valence electrons. The lowest BCUT2D eigenvalue weighted by Gasteiger charge is -2.14. The fraction of sp³-hybridized carbons (Fsp3) is 0.167. The van der Waals surface area contributed by atoms with Gasteiger partial charge in [0, 0.05) is 5.69 Å². The van der Waals surface area contributed by atoms with E-state index in [9.17, 15) is 9.59 Å². The largest absolute Gasteiger partial charge is 0.494 e. The zero-order valence-electron chi connectivity index (χ0n) is 16.8. The van der Waals surface area contributed by atoms with Gasteiger partial charge in [0.15, 0.2) is 0 Å². The Balaban J connectivity index is 1.74. The summed E-state index contributed by atoms with van der Waals surface area (Å²) in [5.41, 5.74) is 2.98. The second kappa shape index (κ2) is 8.29. The van der Waals surface area contributed by atoms with Gasteiger partial charge in [-0.25, -0.2) is 0 Å². The van der Waals surface area contributed by atoms with Crippen LogP contribution in [0.25, 0.3) is 5.57 Å². The van der Waals surface area contributed by atoms with Crippen LogP contribution < -0.4 is 10.1 Å². The smallest absolute Gasteiger partial charge is 0.278 e. The first-order valence-electron chi connectivity index (χ1n) is 9.77.